The molecule has 0 aromatic heterocycles. The minimum Gasteiger partial charge on any atom is -0.390 e. The molecule has 0 aromatic rings. The third-order valence-electron chi connectivity index (χ3n) is 3.55. The molecule has 2 heteroatoms. The zero-order chi connectivity index (χ0) is 8.77. The molecule has 3 unspecified atom stereocenters. The maximum Gasteiger partial charge on any atom is 0.0638 e. The van der Waals surface area contributed by atoms with Crippen LogP contribution in [0.15, 0.2) is 0 Å². The van der Waals surface area contributed by atoms with Gasteiger partial charge in [-0.25, -0.2) is 0 Å². The van der Waals surface area contributed by atoms with Crippen LogP contribution in [0.25, 0.3) is 0 Å². The molecule has 2 rings (SSSR count). The molecule has 70 valence electrons. The highest BCUT2D eigenvalue weighted by Crippen LogP contribution is 2.41. The van der Waals surface area contributed by atoms with Crippen LogP contribution in [-0.4, -0.2) is 35.2 Å². The summed E-state index contributed by atoms with van der Waals surface area (Å²) in [5.41, 5.74) is -0.381. The van der Waals surface area contributed by atoms with Crippen LogP contribution in [0.2, 0.25) is 0 Å². The molecule has 1 aliphatic heterocycles. The van der Waals surface area contributed by atoms with E-state index >= 15 is 0 Å². The first-order chi connectivity index (χ1) is 5.58. The van der Waals surface area contributed by atoms with E-state index in [0.717, 1.165) is 18.8 Å². The van der Waals surface area contributed by atoms with Crippen LogP contribution in [0.3, 0.4) is 0 Å². The van der Waals surface area contributed by atoms with Crippen LogP contribution in [0, 0.1) is 5.92 Å². The lowest BCUT2D eigenvalue weighted by Gasteiger charge is -2.34. The van der Waals surface area contributed by atoms with Gasteiger partial charge in [-0.15, -0.1) is 0 Å². The summed E-state index contributed by atoms with van der Waals surface area (Å²) in [6, 6.07) is 0.661. The molecule has 1 saturated heterocycles. The lowest BCUT2D eigenvalue weighted by Crippen LogP contribution is -2.39. The highest BCUT2D eigenvalue weighted by atomic mass is 16.3. The fourth-order valence-corrected chi connectivity index (χ4v) is 2.98. The summed E-state index contributed by atoms with van der Waals surface area (Å²) >= 11 is 0. The molecule has 0 aromatic carbocycles. The first-order valence-corrected chi connectivity index (χ1v) is 5.01. The largest absolute Gasteiger partial charge is 0.390 e. The van der Waals surface area contributed by atoms with E-state index in [1.165, 1.54) is 19.4 Å². The molecule has 12 heavy (non-hydrogen) atoms. The van der Waals surface area contributed by atoms with Crippen LogP contribution in [0.5, 0.6) is 0 Å². The van der Waals surface area contributed by atoms with Gasteiger partial charge >= 0.3 is 0 Å². The van der Waals surface area contributed by atoms with Crippen molar-refractivity contribution in [1.82, 2.24) is 4.90 Å². The first-order valence-electron chi connectivity index (χ1n) is 5.01. The number of aliphatic hydroxyl groups is 1. The summed E-state index contributed by atoms with van der Waals surface area (Å²) in [6.07, 6.45) is 4.63. The molecule has 0 bridgehead atoms. The number of piperidine rings is 1. The third kappa shape index (κ3) is 1.38. The maximum atomic E-state index is 9.92. The van der Waals surface area contributed by atoms with Gasteiger partial charge in [0.15, 0.2) is 0 Å². The van der Waals surface area contributed by atoms with E-state index in [0.29, 0.717) is 6.04 Å². The maximum absolute atomic E-state index is 9.92. The van der Waals surface area contributed by atoms with E-state index < -0.39 is 0 Å². The monoisotopic (exact) mass is 169 g/mol. The standard InChI is InChI=1S/C10H19NO/c1-10(12)6-8-4-3-5-11(2)9(8)7-10/h8-9,12H,3-7H2,1-2H3. The second-order valence-corrected chi connectivity index (χ2v) is 4.86. The van der Waals surface area contributed by atoms with Gasteiger partial charge in [-0.1, -0.05) is 0 Å². The van der Waals surface area contributed by atoms with Gasteiger partial charge in [0.25, 0.3) is 0 Å². The van der Waals surface area contributed by atoms with Crippen molar-refractivity contribution in [2.45, 2.75) is 44.2 Å². The predicted molar refractivity (Wildman–Crippen MR) is 49.0 cm³/mol. The average molecular weight is 169 g/mol. The average Bonchev–Trinajstić information content (AvgIpc) is 2.25. The molecule has 2 aliphatic rings. The quantitative estimate of drug-likeness (QED) is 0.590. The highest BCUT2D eigenvalue weighted by Gasteiger charge is 2.43. The SMILES string of the molecule is CN1CCCC2CC(C)(O)CC21. The van der Waals surface area contributed by atoms with E-state index in [9.17, 15) is 5.11 Å². The Hall–Kier alpha value is -0.0800. The predicted octanol–water partition coefficient (Wildman–Crippen LogP) is 1.24. The zero-order valence-electron chi connectivity index (χ0n) is 8.08. The smallest absolute Gasteiger partial charge is 0.0638 e. The Morgan fingerprint density at radius 1 is 1.42 bits per heavy atom. The van der Waals surface area contributed by atoms with E-state index in [4.69, 9.17) is 0 Å². The highest BCUT2D eigenvalue weighted by molar-refractivity contribution is 4.97. The molecule has 1 saturated carbocycles. The fraction of sp³-hybridized carbons (Fsp3) is 1.00. The first kappa shape index (κ1) is 8.52. The molecule has 0 radical (unpaired) electrons. The van der Waals surface area contributed by atoms with E-state index in [-0.39, 0.29) is 5.60 Å². The number of nitrogens with zero attached hydrogens (tertiary/aromatic N) is 1. The van der Waals surface area contributed by atoms with Crippen LogP contribution in [0.1, 0.15) is 32.6 Å². The van der Waals surface area contributed by atoms with Crippen molar-refractivity contribution in [1.29, 1.82) is 0 Å². The van der Waals surface area contributed by atoms with Gasteiger partial charge in [0.2, 0.25) is 0 Å². The number of fused-ring (bicyclic) bond motifs is 1. The fourth-order valence-electron chi connectivity index (χ4n) is 2.98. The summed E-state index contributed by atoms with van der Waals surface area (Å²) in [5, 5.41) is 9.92. The van der Waals surface area contributed by atoms with Crippen LogP contribution >= 0.6 is 0 Å². The molecule has 0 spiro atoms. The lowest BCUT2D eigenvalue weighted by atomic mass is 9.92. The number of likely N-dealkylation sites (tertiary alicyclic amines) is 1. The minimum absolute atomic E-state index is 0.381. The second kappa shape index (κ2) is 2.71. The molecule has 3 atom stereocenters. The Morgan fingerprint density at radius 3 is 2.83 bits per heavy atom. The molecule has 1 N–H and O–H groups in total. The lowest BCUT2D eigenvalue weighted by molar-refractivity contribution is 0.0590. The summed E-state index contributed by atoms with van der Waals surface area (Å²) < 4.78 is 0. The van der Waals surface area contributed by atoms with Gasteiger partial charge in [-0.05, 0) is 52.1 Å². The summed E-state index contributed by atoms with van der Waals surface area (Å²) in [6.45, 7) is 3.20. The topological polar surface area (TPSA) is 23.5 Å². The molecule has 0 amide bonds. The van der Waals surface area contributed by atoms with E-state index in [1.54, 1.807) is 0 Å². The number of hydrogen-bond acceptors (Lipinski definition) is 2. The van der Waals surface area contributed by atoms with Gasteiger partial charge in [-0.3, -0.25) is 0 Å². The van der Waals surface area contributed by atoms with Crippen molar-refractivity contribution in [3.8, 4) is 0 Å². The van der Waals surface area contributed by atoms with Crippen LogP contribution in [0.4, 0.5) is 0 Å². The second-order valence-electron chi connectivity index (χ2n) is 4.86. The minimum atomic E-state index is -0.381. The molecule has 2 nitrogen and oxygen atoms in total. The summed E-state index contributed by atoms with van der Waals surface area (Å²) in [7, 11) is 2.19. The van der Waals surface area contributed by atoms with Gasteiger partial charge in [0.1, 0.15) is 0 Å². The van der Waals surface area contributed by atoms with E-state index in [1.807, 2.05) is 6.92 Å². The van der Waals surface area contributed by atoms with Crippen molar-refractivity contribution in [2.75, 3.05) is 13.6 Å². The molecule has 1 aliphatic carbocycles. The van der Waals surface area contributed by atoms with Crippen molar-refractivity contribution in [3.05, 3.63) is 0 Å². The molecule has 2 fully saturated rings. The van der Waals surface area contributed by atoms with Crippen LogP contribution in [-0.2, 0) is 0 Å². The summed E-state index contributed by atoms with van der Waals surface area (Å²) in [5.74, 6) is 0.763. The van der Waals surface area contributed by atoms with Crippen LogP contribution < -0.4 is 0 Å². The number of hydrogen-bond donors (Lipinski definition) is 1. The van der Waals surface area contributed by atoms with Crippen molar-refractivity contribution in [2.24, 2.45) is 5.92 Å². The zero-order valence-corrected chi connectivity index (χ0v) is 8.08. The molecular formula is C10H19NO. The van der Waals surface area contributed by atoms with Gasteiger partial charge in [-0.2, -0.15) is 0 Å². The Bertz CT molecular complexity index is 179. The number of rotatable bonds is 0. The van der Waals surface area contributed by atoms with Crippen molar-refractivity contribution in [3.63, 3.8) is 0 Å². The van der Waals surface area contributed by atoms with Crippen molar-refractivity contribution < 1.29 is 5.11 Å². The van der Waals surface area contributed by atoms with Gasteiger partial charge < -0.3 is 10.0 Å². The third-order valence-corrected chi connectivity index (χ3v) is 3.55. The Balaban J connectivity index is 2.09. The Labute approximate surface area is 74.6 Å². The van der Waals surface area contributed by atoms with Crippen molar-refractivity contribution >= 4 is 0 Å². The normalized spacial score (nSPS) is 49.2. The van der Waals surface area contributed by atoms with E-state index in [2.05, 4.69) is 11.9 Å². The molecular weight excluding hydrogens is 150 g/mol. The summed E-state index contributed by atoms with van der Waals surface area (Å²) in [4.78, 5) is 2.43. The molecule has 1 heterocycles. The Morgan fingerprint density at radius 2 is 2.17 bits per heavy atom. The van der Waals surface area contributed by atoms with Gasteiger partial charge in [0, 0.05) is 6.04 Å². The van der Waals surface area contributed by atoms with Gasteiger partial charge in [0.05, 0.1) is 5.60 Å². The Kier molecular flexibility index (Phi) is 1.92.